The molecule has 0 saturated carbocycles. The van der Waals surface area contributed by atoms with Crippen LogP contribution in [0.5, 0.6) is 0 Å². The van der Waals surface area contributed by atoms with Crippen LogP contribution in [0.2, 0.25) is 6.55 Å². The molecule has 0 saturated heterocycles. The summed E-state index contributed by atoms with van der Waals surface area (Å²) in [5, 5.41) is 0. The van der Waals surface area contributed by atoms with Crippen LogP contribution >= 0.6 is 0 Å². The van der Waals surface area contributed by atoms with E-state index in [1.807, 2.05) is 6.07 Å². The van der Waals surface area contributed by atoms with Crippen molar-refractivity contribution >= 4 is 19.8 Å². The Balaban J connectivity index is -0.0000000533. The Labute approximate surface area is 308 Å². The van der Waals surface area contributed by atoms with E-state index in [-0.39, 0.29) is 90.1 Å². The monoisotopic (exact) mass is 711 g/mol. The minimum Gasteiger partial charge on any atom is -1.00 e. The van der Waals surface area contributed by atoms with E-state index in [1.165, 1.54) is 27.4 Å². The highest BCUT2D eigenvalue weighted by molar-refractivity contribution is 7.97. The van der Waals surface area contributed by atoms with Gasteiger partial charge in [-0.15, -0.1) is 0 Å². The summed E-state index contributed by atoms with van der Waals surface area (Å²) in [7, 11) is -0.207. The Kier molecular flexibility index (Phi) is 65.1. The molecule has 47 heavy (non-hydrogen) atoms. The molecule has 0 aliphatic heterocycles. The topological polar surface area (TPSA) is 26.3 Å². The van der Waals surface area contributed by atoms with Crippen molar-refractivity contribution in [3.8, 4) is 0 Å². The molecule has 0 unspecified atom stereocenters. The molecule has 0 spiro atoms. The summed E-state index contributed by atoms with van der Waals surface area (Å²) in [4.78, 5) is 4.08. The summed E-state index contributed by atoms with van der Waals surface area (Å²) in [5.41, 5.74) is 1.41. The van der Waals surface area contributed by atoms with E-state index in [9.17, 15) is 4.46 Å². The molecular weight excluding hydrogens is 632 g/mol. The number of halogens is 1. The third kappa shape index (κ3) is 33.0. The van der Waals surface area contributed by atoms with Crippen LogP contribution < -0.4 is 12.4 Å². The van der Waals surface area contributed by atoms with Gasteiger partial charge in [-0.2, -0.15) is 0 Å². The molecule has 4 aromatic rings. The Bertz CT molecular complexity index is 998. The zero-order chi connectivity index (χ0) is 27.5. The predicted molar refractivity (Wildman–Crippen MR) is 222 cm³/mol. The van der Waals surface area contributed by atoms with E-state index in [4.69, 9.17) is 0 Å². The van der Waals surface area contributed by atoms with Gasteiger partial charge in [-0.3, -0.25) is 0 Å². The number of hydrogen-bond acceptors (Lipinski definition) is 2. The van der Waals surface area contributed by atoms with Crippen LogP contribution in [0.4, 0.5) is 0 Å². The molecule has 0 amide bonds. The lowest BCUT2D eigenvalue weighted by Gasteiger charge is -2.07. The summed E-state index contributed by atoms with van der Waals surface area (Å²) < 4.78 is 14.1. The fourth-order valence-corrected chi connectivity index (χ4v) is 5.02. The predicted octanol–water partition coefficient (Wildman–Crippen LogP) is 12.2. The zero-order valence-electron chi connectivity index (χ0n) is 23.8. The highest BCUT2D eigenvalue weighted by Crippen LogP contribution is 2.30. The first kappa shape index (κ1) is 70.6. The molecule has 276 valence electrons. The van der Waals surface area contributed by atoms with Gasteiger partial charge in [0.25, 0.3) is 0 Å². The van der Waals surface area contributed by atoms with Gasteiger partial charge in [0.05, 0.1) is 18.0 Å². The van der Waals surface area contributed by atoms with Crippen molar-refractivity contribution in [2.75, 3.05) is 7.11 Å². The molecule has 5 heteroatoms. The molecule has 0 radical (unpaired) electrons. The first-order valence-electron chi connectivity index (χ1n) is 12.7. The lowest BCUT2D eigenvalue weighted by Crippen LogP contribution is -3.00. The molecule has 0 N–H and O–H groups in total. The highest BCUT2D eigenvalue weighted by Gasteiger charge is 2.27. The summed E-state index contributed by atoms with van der Waals surface area (Å²) in [6, 6.07) is 42.7. The molecule has 4 aromatic carbocycles. The maximum atomic E-state index is 9.78. The van der Waals surface area contributed by atoms with E-state index >= 15 is 0 Å². The van der Waals surface area contributed by atoms with Gasteiger partial charge in [-0.1, -0.05) is 186 Å². The van der Waals surface area contributed by atoms with Crippen molar-refractivity contribution < 1.29 is 21.3 Å². The van der Waals surface area contributed by atoms with Crippen molar-refractivity contribution in [2.45, 2.75) is 129 Å². The van der Waals surface area contributed by atoms with Crippen LogP contribution in [0.3, 0.4) is 0 Å². The second-order valence-corrected chi connectivity index (χ2v) is 12.7. The van der Waals surface area contributed by atoms with E-state index in [1.54, 1.807) is 6.55 Å². The molecule has 2 nitrogen and oxygen atoms in total. The zero-order valence-corrected chi connectivity index (χ0v) is 26.4. The van der Waals surface area contributed by atoms with Crippen molar-refractivity contribution in [2.24, 2.45) is 5.92 Å². The third-order valence-electron chi connectivity index (χ3n) is 4.69. The van der Waals surface area contributed by atoms with Crippen molar-refractivity contribution in [3.05, 3.63) is 127 Å². The van der Waals surface area contributed by atoms with Crippen LogP contribution in [0.25, 0.3) is 0 Å². The van der Waals surface area contributed by atoms with Gasteiger partial charge in [-0.05, 0) is 53.8 Å². The molecule has 0 heterocycles. The fraction of sp³-hybridized carbons (Fsp3) is 0.429. The van der Waals surface area contributed by atoms with E-state index < -0.39 is 8.93 Å². The largest absolute Gasteiger partial charge is 1.00 e. The molecular formula is C42H79ClO2SSi. The molecule has 0 atom stereocenters. The Morgan fingerprint density at radius 1 is 0.489 bits per heavy atom. The molecule has 0 aromatic heterocycles. The van der Waals surface area contributed by atoms with E-state index in [2.05, 4.69) is 154 Å². The van der Waals surface area contributed by atoms with Crippen molar-refractivity contribution in [1.82, 2.24) is 0 Å². The smallest absolute Gasteiger partial charge is 0.498 e. The standard InChI is InChI=1S/C18H15S.C9H12.C4H10.C2H6O2Si.9CH4.ClH/c1-4-10-16(11-5-1)19(17-12-6-2-7-13-17)18-14-8-3-9-15-18;1-8(2)9-6-4-3-5-7-9;1-4(2)3;1-4-5(2)3;;;;;;;;;;/h1-15H;3-8H,1-2H3;4H,1-3H3;1-2H3;9*1H4;1H/q+1;;;;;;;;;;;;;/p-1. The average Bonchev–Trinajstić information content (AvgIpc) is 2.92. The van der Waals surface area contributed by atoms with Crippen LogP contribution in [-0.4, -0.2) is 16.0 Å². The normalized spacial score (nSPS) is 7.70. The lowest BCUT2D eigenvalue weighted by atomic mass is 10.0. The maximum Gasteiger partial charge on any atom is 0.498 e. The minimum atomic E-state index is -1.62. The summed E-state index contributed by atoms with van der Waals surface area (Å²) in [5.74, 6) is 1.49. The first-order valence-corrected chi connectivity index (χ1v) is 15.8. The molecule has 0 aliphatic carbocycles. The van der Waals surface area contributed by atoms with Crippen LogP contribution in [0, 0.1) is 5.92 Å². The average molecular weight is 712 g/mol. The fourth-order valence-electron chi connectivity index (χ4n) is 2.92. The van der Waals surface area contributed by atoms with Crippen LogP contribution in [0.1, 0.15) is 113 Å². The van der Waals surface area contributed by atoms with Gasteiger partial charge in [-0.25, -0.2) is 0 Å². The molecule has 0 fully saturated rings. The Hall–Kier alpha value is -2.66. The quantitative estimate of drug-likeness (QED) is 0.152. The SMILES string of the molecule is C.C.C.C.C.C.C.C.C.CC(C)C.CC(C)c1ccccc1.CO[Si](C)=O.[Cl-].c1ccc([S+](c2ccccc2)c2ccccc2)cc1. The van der Waals surface area contributed by atoms with Gasteiger partial charge < -0.3 is 21.3 Å². The van der Waals surface area contributed by atoms with Gasteiger partial charge in [0.1, 0.15) is 0 Å². The van der Waals surface area contributed by atoms with E-state index in [0.717, 1.165) is 5.92 Å². The highest BCUT2D eigenvalue weighted by atomic mass is 35.5. The third-order valence-corrected chi connectivity index (χ3v) is 7.50. The van der Waals surface area contributed by atoms with Gasteiger partial charge in [0.2, 0.25) is 0 Å². The Morgan fingerprint density at radius 2 is 0.681 bits per heavy atom. The molecule has 0 bridgehead atoms. The first-order chi connectivity index (χ1) is 17.8. The summed E-state index contributed by atoms with van der Waals surface area (Å²) in [6.07, 6.45) is 0. The number of hydrogen-bond donors (Lipinski definition) is 0. The van der Waals surface area contributed by atoms with Gasteiger partial charge in [0, 0.05) is 6.55 Å². The van der Waals surface area contributed by atoms with Crippen LogP contribution in [-0.2, 0) is 19.8 Å². The second kappa shape index (κ2) is 43.3. The summed E-state index contributed by atoms with van der Waals surface area (Å²) in [6.45, 7) is 12.5. The molecule has 4 rings (SSSR count). The maximum absolute atomic E-state index is 9.78. The van der Waals surface area contributed by atoms with Gasteiger partial charge in [0.15, 0.2) is 14.7 Å². The Morgan fingerprint density at radius 3 is 0.830 bits per heavy atom. The van der Waals surface area contributed by atoms with E-state index in [0.29, 0.717) is 5.92 Å². The van der Waals surface area contributed by atoms with Gasteiger partial charge >= 0.3 is 8.93 Å². The molecule has 0 aliphatic rings. The number of benzene rings is 4. The van der Waals surface area contributed by atoms with Crippen LogP contribution in [0.15, 0.2) is 136 Å². The number of rotatable bonds is 5. The van der Waals surface area contributed by atoms with Crippen molar-refractivity contribution in [3.63, 3.8) is 0 Å². The minimum absolute atomic E-state index is 0. The second-order valence-electron chi connectivity index (χ2n) is 9.24. The summed E-state index contributed by atoms with van der Waals surface area (Å²) >= 11 is 0. The lowest BCUT2D eigenvalue weighted by molar-refractivity contribution is -0.0000136. The van der Waals surface area contributed by atoms with Crippen molar-refractivity contribution in [1.29, 1.82) is 0 Å².